The number of benzene rings is 1. The van der Waals surface area contributed by atoms with Crippen LogP contribution in [0.1, 0.15) is 40.2 Å². The molecular formula is C24H26BrN5O2. The number of amides is 2. The van der Waals surface area contributed by atoms with E-state index in [1.807, 2.05) is 59.8 Å². The number of nitrogens with zero attached hydrogens (tertiary/aromatic N) is 4. The highest BCUT2D eigenvalue weighted by Crippen LogP contribution is 2.22. The first-order valence-corrected chi connectivity index (χ1v) is 11.5. The Morgan fingerprint density at radius 3 is 2.56 bits per heavy atom. The maximum absolute atomic E-state index is 13.1. The van der Waals surface area contributed by atoms with Gasteiger partial charge < -0.3 is 10.2 Å². The lowest BCUT2D eigenvalue weighted by molar-refractivity contribution is -0.121. The van der Waals surface area contributed by atoms with Crippen molar-refractivity contribution < 1.29 is 9.59 Å². The van der Waals surface area contributed by atoms with Gasteiger partial charge in [-0.05, 0) is 78.5 Å². The zero-order valence-electron chi connectivity index (χ0n) is 18.2. The van der Waals surface area contributed by atoms with Gasteiger partial charge >= 0.3 is 0 Å². The normalized spacial score (nSPS) is 14.4. The van der Waals surface area contributed by atoms with Crippen LogP contribution in [0.2, 0.25) is 0 Å². The van der Waals surface area contributed by atoms with Gasteiger partial charge in [0.1, 0.15) is 5.82 Å². The maximum Gasteiger partial charge on any atom is 0.253 e. The van der Waals surface area contributed by atoms with Gasteiger partial charge in [-0.25, -0.2) is 4.98 Å². The number of nitrogens with one attached hydrogen (secondary N) is 1. The number of anilines is 1. The van der Waals surface area contributed by atoms with Gasteiger partial charge in [-0.2, -0.15) is 5.10 Å². The molecule has 0 radical (unpaired) electrons. The Bertz CT molecular complexity index is 1120. The molecular weight excluding hydrogens is 470 g/mol. The van der Waals surface area contributed by atoms with E-state index in [0.29, 0.717) is 43.9 Å². The second-order valence-corrected chi connectivity index (χ2v) is 9.12. The van der Waals surface area contributed by atoms with Crippen molar-refractivity contribution in [3.63, 3.8) is 0 Å². The summed E-state index contributed by atoms with van der Waals surface area (Å²) in [4.78, 5) is 31.7. The van der Waals surface area contributed by atoms with Crippen LogP contribution in [0.15, 0.2) is 53.1 Å². The Morgan fingerprint density at radius 1 is 1.12 bits per heavy atom. The van der Waals surface area contributed by atoms with Crippen molar-refractivity contribution in [2.75, 3.05) is 18.4 Å². The first-order valence-electron chi connectivity index (χ1n) is 10.7. The number of aromatic nitrogens is 3. The van der Waals surface area contributed by atoms with E-state index in [1.54, 1.807) is 12.3 Å². The third-order valence-electron chi connectivity index (χ3n) is 5.74. The van der Waals surface area contributed by atoms with Crippen LogP contribution in [0.4, 0.5) is 5.82 Å². The largest absolute Gasteiger partial charge is 0.339 e. The first kappa shape index (κ1) is 22.2. The molecule has 8 heteroatoms. The predicted octanol–water partition coefficient (Wildman–Crippen LogP) is 4.20. The van der Waals surface area contributed by atoms with Crippen molar-refractivity contribution in [1.29, 1.82) is 0 Å². The second kappa shape index (κ2) is 9.65. The van der Waals surface area contributed by atoms with Crippen molar-refractivity contribution >= 4 is 33.6 Å². The van der Waals surface area contributed by atoms with Crippen molar-refractivity contribution in [3.05, 3.63) is 75.6 Å². The molecule has 3 heterocycles. The van der Waals surface area contributed by atoms with E-state index in [9.17, 15) is 9.59 Å². The van der Waals surface area contributed by atoms with Crippen molar-refractivity contribution in [2.45, 2.75) is 33.2 Å². The van der Waals surface area contributed by atoms with Gasteiger partial charge in [0, 0.05) is 40.9 Å². The maximum atomic E-state index is 13.1. The van der Waals surface area contributed by atoms with Crippen LogP contribution in [0.25, 0.3) is 0 Å². The number of carbonyl (C=O) groups excluding carboxylic acids is 2. The number of hydrogen-bond acceptors (Lipinski definition) is 4. The lowest BCUT2D eigenvalue weighted by Crippen LogP contribution is -2.41. The van der Waals surface area contributed by atoms with Crippen molar-refractivity contribution in [2.24, 2.45) is 5.92 Å². The molecule has 0 aliphatic carbocycles. The van der Waals surface area contributed by atoms with E-state index < -0.39 is 0 Å². The molecule has 0 saturated carbocycles. The summed E-state index contributed by atoms with van der Waals surface area (Å²) in [6.07, 6.45) is 2.93. The van der Waals surface area contributed by atoms with Crippen LogP contribution in [0, 0.1) is 19.8 Å². The molecule has 0 bridgehead atoms. The number of halogens is 1. The van der Waals surface area contributed by atoms with E-state index >= 15 is 0 Å². The minimum Gasteiger partial charge on any atom is -0.339 e. The summed E-state index contributed by atoms with van der Waals surface area (Å²) in [6, 6.07) is 13.4. The lowest BCUT2D eigenvalue weighted by atomic mass is 9.95. The molecule has 1 aliphatic rings. The minimum absolute atomic E-state index is 0.00801. The van der Waals surface area contributed by atoms with Crippen LogP contribution >= 0.6 is 15.9 Å². The average Bonchev–Trinajstić information content (AvgIpc) is 3.11. The number of carbonyl (C=O) groups is 2. The number of piperidine rings is 1. The fraction of sp³-hybridized carbons (Fsp3) is 0.333. The van der Waals surface area contributed by atoms with Crippen LogP contribution in [-0.4, -0.2) is 44.6 Å². The highest BCUT2D eigenvalue weighted by molar-refractivity contribution is 9.10. The lowest BCUT2D eigenvalue weighted by Gasteiger charge is -2.31. The van der Waals surface area contributed by atoms with E-state index in [-0.39, 0.29) is 17.7 Å². The third-order valence-corrected chi connectivity index (χ3v) is 6.21. The zero-order chi connectivity index (χ0) is 22.7. The standard InChI is InChI=1S/C24H26BrN5O2/c1-16-12-17(2)30(28-16)15-18-4-3-5-20(13-18)24(32)29-10-8-19(9-11-29)23(31)27-22-7-6-21(25)14-26-22/h3-7,12-14,19H,8-11,15H2,1-2H3,(H,26,27,31). The Hall–Kier alpha value is -3.00. The highest BCUT2D eigenvalue weighted by atomic mass is 79.9. The molecule has 0 unspecified atom stereocenters. The summed E-state index contributed by atoms with van der Waals surface area (Å²) in [5.74, 6) is 0.380. The summed E-state index contributed by atoms with van der Waals surface area (Å²) in [7, 11) is 0. The number of pyridine rings is 1. The fourth-order valence-electron chi connectivity index (χ4n) is 4.02. The fourth-order valence-corrected chi connectivity index (χ4v) is 4.25. The van der Waals surface area contributed by atoms with Gasteiger partial charge in [0.05, 0.1) is 12.2 Å². The van der Waals surface area contributed by atoms with Gasteiger partial charge in [0.25, 0.3) is 5.91 Å². The monoisotopic (exact) mass is 495 g/mol. The molecule has 2 amide bonds. The number of hydrogen-bond donors (Lipinski definition) is 1. The van der Waals surface area contributed by atoms with Crippen LogP contribution < -0.4 is 5.32 Å². The van der Waals surface area contributed by atoms with E-state index in [0.717, 1.165) is 21.4 Å². The van der Waals surface area contributed by atoms with Crippen LogP contribution in [-0.2, 0) is 11.3 Å². The smallest absolute Gasteiger partial charge is 0.253 e. The zero-order valence-corrected chi connectivity index (χ0v) is 19.8. The van der Waals surface area contributed by atoms with Crippen LogP contribution in [0.3, 0.4) is 0 Å². The van der Waals surface area contributed by atoms with Gasteiger partial charge in [-0.15, -0.1) is 0 Å². The molecule has 32 heavy (non-hydrogen) atoms. The molecule has 1 aromatic carbocycles. The van der Waals surface area contributed by atoms with E-state index in [1.165, 1.54) is 0 Å². The summed E-state index contributed by atoms with van der Waals surface area (Å²) >= 11 is 3.34. The SMILES string of the molecule is Cc1cc(C)n(Cc2cccc(C(=O)N3CCC(C(=O)Nc4ccc(Br)cn4)CC3)c2)n1. The van der Waals surface area contributed by atoms with Gasteiger partial charge in [-0.1, -0.05) is 12.1 Å². The van der Waals surface area contributed by atoms with E-state index in [2.05, 4.69) is 31.3 Å². The Morgan fingerprint density at radius 2 is 1.91 bits per heavy atom. The van der Waals surface area contributed by atoms with Crippen LogP contribution in [0.5, 0.6) is 0 Å². The molecule has 1 aliphatic heterocycles. The average molecular weight is 496 g/mol. The molecule has 2 aromatic heterocycles. The molecule has 4 rings (SSSR count). The summed E-state index contributed by atoms with van der Waals surface area (Å²) in [5.41, 5.74) is 3.79. The van der Waals surface area contributed by atoms with Crippen molar-refractivity contribution in [1.82, 2.24) is 19.7 Å². The summed E-state index contributed by atoms with van der Waals surface area (Å²) < 4.78 is 2.81. The molecule has 1 N–H and O–H groups in total. The topological polar surface area (TPSA) is 80.1 Å². The predicted molar refractivity (Wildman–Crippen MR) is 126 cm³/mol. The van der Waals surface area contributed by atoms with Gasteiger partial charge in [-0.3, -0.25) is 14.3 Å². The second-order valence-electron chi connectivity index (χ2n) is 8.20. The van der Waals surface area contributed by atoms with Gasteiger partial charge in [0.15, 0.2) is 0 Å². The Kier molecular flexibility index (Phi) is 6.69. The molecule has 1 fully saturated rings. The quantitative estimate of drug-likeness (QED) is 0.575. The molecule has 166 valence electrons. The number of rotatable bonds is 5. The first-order chi connectivity index (χ1) is 15.4. The summed E-state index contributed by atoms with van der Waals surface area (Å²) in [5, 5.41) is 7.37. The molecule has 0 spiro atoms. The molecule has 3 aromatic rings. The highest BCUT2D eigenvalue weighted by Gasteiger charge is 2.28. The van der Waals surface area contributed by atoms with Crippen molar-refractivity contribution in [3.8, 4) is 0 Å². The molecule has 0 atom stereocenters. The third kappa shape index (κ3) is 5.24. The minimum atomic E-state index is -0.123. The Labute approximate surface area is 196 Å². The number of aryl methyl sites for hydroxylation is 2. The Balaban J connectivity index is 1.34. The molecule has 7 nitrogen and oxygen atoms in total. The van der Waals surface area contributed by atoms with Gasteiger partial charge in [0.2, 0.25) is 5.91 Å². The molecule has 1 saturated heterocycles. The van der Waals surface area contributed by atoms with E-state index in [4.69, 9.17) is 0 Å². The summed E-state index contributed by atoms with van der Waals surface area (Å²) in [6.45, 7) is 5.76. The number of likely N-dealkylation sites (tertiary alicyclic amines) is 1.